The van der Waals surface area contributed by atoms with Crippen LogP contribution in [0, 0.1) is 0 Å². The van der Waals surface area contributed by atoms with Crippen LogP contribution in [0.4, 0.5) is 5.82 Å². The molecule has 0 radical (unpaired) electrons. The lowest BCUT2D eigenvalue weighted by molar-refractivity contribution is 0.0953. The van der Waals surface area contributed by atoms with Gasteiger partial charge in [0.1, 0.15) is 5.82 Å². The molecule has 0 atom stereocenters. The van der Waals surface area contributed by atoms with Gasteiger partial charge in [-0.25, -0.2) is 4.98 Å². The summed E-state index contributed by atoms with van der Waals surface area (Å²) in [7, 11) is 0. The first-order chi connectivity index (χ1) is 8.19. The van der Waals surface area contributed by atoms with Gasteiger partial charge in [0.25, 0.3) is 5.91 Å². The van der Waals surface area contributed by atoms with Gasteiger partial charge in [0.15, 0.2) is 0 Å². The lowest BCUT2D eigenvalue weighted by atomic mass is 10.2. The quantitative estimate of drug-likeness (QED) is 0.769. The average Bonchev–Trinajstić information content (AvgIpc) is 2.32. The third kappa shape index (κ3) is 4.23. The largest absolute Gasteiger partial charge is 0.370 e. The van der Waals surface area contributed by atoms with Gasteiger partial charge in [-0.05, 0) is 19.4 Å². The van der Waals surface area contributed by atoms with E-state index in [9.17, 15) is 4.79 Å². The zero-order valence-electron chi connectivity index (χ0n) is 10.2. The molecule has 1 aromatic heterocycles. The molecule has 0 unspecified atom stereocenters. The van der Waals surface area contributed by atoms with Gasteiger partial charge in [-0.1, -0.05) is 24.9 Å². The van der Waals surface area contributed by atoms with Gasteiger partial charge in [0.2, 0.25) is 0 Å². The van der Waals surface area contributed by atoms with Gasteiger partial charge in [0, 0.05) is 19.3 Å². The van der Waals surface area contributed by atoms with E-state index >= 15 is 0 Å². The summed E-state index contributed by atoms with van der Waals surface area (Å²) in [5.41, 5.74) is 0.466. The zero-order valence-corrected chi connectivity index (χ0v) is 11.0. The van der Waals surface area contributed by atoms with E-state index < -0.39 is 0 Å². The van der Waals surface area contributed by atoms with Crippen molar-refractivity contribution in [2.24, 2.45) is 0 Å². The van der Waals surface area contributed by atoms with Crippen molar-refractivity contribution in [2.45, 2.75) is 26.7 Å². The second-order valence-electron chi connectivity index (χ2n) is 3.69. The van der Waals surface area contributed by atoms with Gasteiger partial charge in [-0.15, -0.1) is 0 Å². The monoisotopic (exact) mass is 255 g/mol. The predicted octanol–water partition coefficient (Wildman–Crippen LogP) is 2.70. The van der Waals surface area contributed by atoms with Crippen LogP contribution < -0.4 is 10.6 Å². The van der Waals surface area contributed by atoms with E-state index in [0.717, 1.165) is 19.4 Å². The van der Waals surface area contributed by atoms with Crippen LogP contribution >= 0.6 is 11.6 Å². The molecular weight excluding hydrogens is 238 g/mol. The van der Waals surface area contributed by atoms with E-state index in [-0.39, 0.29) is 5.91 Å². The lowest BCUT2D eigenvalue weighted by Gasteiger charge is -2.08. The fourth-order valence-corrected chi connectivity index (χ4v) is 1.55. The molecule has 5 heteroatoms. The molecule has 2 N–H and O–H groups in total. The number of halogens is 1. The van der Waals surface area contributed by atoms with Crippen LogP contribution in [-0.2, 0) is 0 Å². The number of hydrogen-bond donors (Lipinski definition) is 2. The molecule has 0 bridgehead atoms. The molecule has 0 saturated carbocycles. The molecule has 4 nitrogen and oxygen atoms in total. The first-order valence-corrected chi connectivity index (χ1v) is 6.24. The highest BCUT2D eigenvalue weighted by Crippen LogP contribution is 2.17. The molecule has 1 heterocycles. The molecular formula is C12H18ClN3O. The number of aromatic nitrogens is 1. The summed E-state index contributed by atoms with van der Waals surface area (Å²) >= 11 is 5.95. The highest BCUT2D eigenvalue weighted by Gasteiger charge is 2.11. The standard InChI is InChI=1S/C12H18ClN3O/c1-3-5-6-15-12(17)9-7-11(14-4-2)16-8-10(9)13/h7-8H,3-6H2,1-2H3,(H,14,16)(H,15,17). The molecule has 0 aliphatic carbocycles. The van der Waals surface area contributed by atoms with E-state index in [1.165, 1.54) is 6.20 Å². The van der Waals surface area contributed by atoms with E-state index in [2.05, 4.69) is 22.5 Å². The molecule has 0 fully saturated rings. The SMILES string of the molecule is CCCCNC(=O)c1cc(NCC)ncc1Cl. The van der Waals surface area contributed by atoms with Crippen molar-refractivity contribution in [2.75, 3.05) is 18.4 Å². The minimum Gasteiger partial charge on any atom is -0.370 e. The summed E-state index contributed by atoms with van der Waals surface area (Å²) in [4.78, 5) is 15.9. The normalized spacial score (nSPS) is 10.1. The van der Waals surface area contributed by atoms with Gasteiger partial charge in [-0.3, -0.25) is 4.79 Å². The third-order valence-electron chi connectivity index (χ3n) is 2.27. The van der Waals surface area contributed by atoms with E-state index in [1.54, 1.807) is 6.07 Å². The molecule has 0 saturated heterocycles. The van der Waals surface area contributed by atoms with Gasteiger partial charge >= 0.3 is 0 Å². The number of rotatable bonds is 6. The van der Waals surface area contributed by atoms with Crippen LogP contribution in [0.1, 0.15) is 37.0 Å². The first-order valence-electron chi connectivity index (χ1n) is 5.86. The Balaban J connectivity index is 2.73. The van der Waals surface area contributed by atoms with Crippen molar-refractivity contribution < 1.29 is 4.79 Å². The smallest absolute Gasteiger partial charge is 0.252 e. The highest BCUT2D eigenvalue weighted by molar-refractivity contribution is 6.33. The molecule has 1 rings (SSSR count). The van der Waals surface area contributed by atoms with Crippen molar-refractivity contribution in [1.82, 2.24) is 10.3 Å². The van der Waals surface area contributed by atoms with Crippen LogP contribution in [0.15, 0.2) is 12.3 Å². The number of nitrogens with zero attached hydrogens (tertiary/aromatic N) is 1. The molecule has 1 aromatic rings. The molecule has 0 aliphatic heterocycles. The van der Waals surface area contributed by atoms with Crippen LogP contribution in [0.5, 0.6) is 0 Å². The van der Waals surface area contributed by atoms with E-state index in [1.807, 2.05) is 6.92 Å². The number of pyridine rings is 1. The second kappa shape index (κ2) is 7.12. The second-order valence-corrected chi connectivity index (χ2v) is 4.10. The zero-order chi connectivity index (χ0) is 12.7. The Labute approximate surface area is 107 Å². The Kier molecular flexibility index (Phi) is 5.77. The van der Waals surface area contributed by atoms with Crippen molar-refractivity contribution in [1.29, 1.82) is 0 Å². The Bertz CT molecular complexity index is 382. The molecule has 0 aromatic carbocycles. The van der Waals surface area contributed by atoms with Gasteiger partial charge < -0.3 is 10.6 Å². The van der Waals surface area contributed by atoms with Crippen molar-refractivity contribution in [3.8, 4) is 0 Å². The number of nitrogens with one attached hydrogen (secondary N) is 2. The summed E-state index contributed by atoms with van der Waals surface area (Å²) in [6.07, 6.45) is 3.51. The Morgan fingerprint density at radius 3 is 2.88 bits per heavy atom. The summed E-state index contributed by atoms with van der Waals surface area (Å²) in [5, 5.41) is 6.25. The van der Waals surface area contributed by atoms with Crippen LogP contribution in [0.2, 0.25) is 5.02 Å². The fraction of sp³-hybridized carbons (Fsp3) is 0.500. The van der Waals surface area contributed by atoms with Crippen molar-refractivity contribution >= 4 is 23.3 Å². The van der Waals surface area contributed by atoms with Crippen LogP contribution in [-0.4, -0.2) is 24.0 Å². The topological polar surface area (TPSA) is 54.0 Å². The summed E-state index contributed by atoms with van der Waals surface area (Å²) in [6.45, 7) is 5.47. The molecule has 0 aliphatic rings. The maximum absolute atomic E-state index is 11.8. The number of carbonyl (C=O) groups is 1. The molecule has 1 amide bonds. The Hall–Kier alpha value is -1.29. The average molecular weight is 256 g/mol. The summed E-state index contributed by atoms with van der Waals surface area (Å²) in [5.74, 6) is 0.516. The fourth-order valence-electron chi connectivity index (χ4n) is 1.36. The number of carbonyl (C=O) groups excluding carboxylic acids is 1. The summed E-state index contributed by atoms with van der Waals surface area (Å²) < 4.78 is 0. The maximum atomic E-state index is 11.8. The third-order valence-corrected chi connectivity index (χ3v) is 2.57. The van der Waals surface area contributed by atoms with Crippen molar-refractivity contribution in [3.63, 3.8) is 0 Å². The number of unbranched alkanes of at least 4 members (excludes halogenated alkanes) is 1. The number of hydrogen-bond acceptors (Lipinski definition) is 3. The lowest BCUT2D eigenvalue weighted by Crippen LogP contribution is -2.24. The van der Waals surface area contributed by atoms with E-state index in [0.29, 0.717) is 22.9 Å². The first kappa shape index (κ1) is 13.8. The highest BCUT2D eigenvalue weighted by atomic mass is 35.5. The number of amides is 1. The van der Waals surface area contributed by atoms with E-state index in [4.69, 9.17) is 11.6 Å². The van der Waals surface area contributed by atoms with Crippen LogP contribution in [0.3, 0.4) is 0 Å². The Morgan fingerprint density at radius 1 is 1.47 bits per heavy atom. The number of anilines is 1. The maximum Gasteiger partial charge on any atom is 0.252 e. The van der Waals surface area contributed by atoms with Crippen molar-refractivity contribution in [3.05, 3.63) is 22.8 Å². The summed E-state index contributed by atoms with van der Waals surface area (Å²) in [6, 6.07) is 1.67. The van der Waals surface area contributed by atoms with Crippen LogP contribution in [0.25, 0.3) is 0 Å². The minimum atomic E-state index is -0.148. The van der Waals surface area contributed by atoms with Gasteiger partial charge in [-0.2, -0.15) is 0 Å². The van der Waals surface area contributed by atoms with Gasteiger partial charge in [0.05, 0.1) is 10.6 Å². The minimum absolute atomic E-state index is 0.148. The Morgan fingerprint density at radius 2 is 2.24 bits per heavy atom. The molecule has 94 valence electrons. The predicted molar refractivity (Wildman–Crippen MR) is 70.7 cm³/mol. The molecule has 0 spiro atoms. The molecule has 17 heavy (non-hydrogen) atoms.